The van der Waals surface area contributed by atoms with Crippen LogP contribution in [0.3, 0.4) is 0 Å². The van der Waals surface area contributed by atoms with E-state index in [0.717, 1.165) is 43.7 Å². The van der Waals surface area contributed by atoms with Gasteiger partial charge in [0, 0.05) is 18.7 Å². The van der Waals surface area contributed by atoms with E-state index in [1.165, 1.54) is 0 Å². The van der Waals surface area contributed by atoms with Gasteiger partial charge in [0.05, 0.1) is 5.69 Å². The minimum atomic E-state index is -1.01. The molecule has 0 radical (unpaired) electrons. The lowest BCUT2D eigenvalue weighted by molar-refractivity contribution is -0.138. The van der Waals surface area contributed by atoms with Crippen molar-refractivity contribution in [2.75, 3.05) is 0 Å². The molecule has 0 aliphatic carbocycles. The topological polar surface area (TPSA) is 81.1 Å². The monoisotopic (exact) mass is 223 g/mol. The van der Waals surface area contributed by atoms with Gasteiger partial charge in [-0.05, 0) is 19.3 Å². The third-order valence-corrected chi connectivity index (χ3v) is 3.10. The van der Waals surface area contributed by atoms with Crippen LogP contribution in [0.1, 0.15) is 43.0 Å². The van der Waals surface area contributed by atoms with E-state index in [9.17, 15) is 4.79 Å². The Balaban J connectivity index is 2.45. The highest BCUT2D eigenvalue weighted by Crippen LogP contribution is 2.24. The lowest BCUT2D eigenvalue weighted by atomic mass is 10.1. The molecule has 1 aromatic rings. The van der Waals surface area contributed by atoms with Crippen LogP contribution in [0.5, 0.6) is 0 Å². The van der Waals surface area contributed by atoms with E-state index in [0.29, 0.717) is 5.69 Å². The Hall–Kier alpha value is -1.36. The maximum Gasteiger partial charge on any atom is 0.326 e. The Kier molecular flexibility index (Phi) is 2.96. The molecule has 1 atom stereocenters. The summed E-state index contributed by atoms with van der Waals surface area (Å²) >= 11 is 0. The van der Waals surface area contributed by atoms with Crippen LogP contribution >= 0.6 is 0 Å². The van der Waals surface area contributed by atoms with Crippen LogP contribution in [-0.4, -0.2) is 20.6 Å². The predicted molar refractivity (Wildman–Crippen MR) is 59.1 cm³/mol. The lowest BCUT2D eigenvalue weighted by Crippen LogP contribution is -2.23. The molecule has 2 heterocycles. The number of nitrogens with two attached hydrogens (primary N) is 1. The van der Waals surface area contributed by atoms with E-state index >= 15 is 0 Å². The maximum atomic E-state index is 10.9. The van der Waals surface area contributed by atoms with Gasteiger partial charge >= 0.3 is 5.97 Å². The predicted octanol–water partition coefficient (Wildman–Crippen LogP) is 0.866. The van der Waals surface area contributed by atoms with Crippen molar-refractivity contribution in [3.05, 3.63) is 17.2 Å². The van der Waals surface area contributed by atoms with Crippen molar-refractivity contribution in [3.8, 4) is 0 Å². The molecule has 5 heteroatoms. The summed E-state index contributed by atoms with van der Waals surface area (Å²) < 4.78 is 2.14. The summed E-state index contributed by atoms with van der Waals surface area (Å²) in [5, 5.41) is 8.94. The largest absolute Gasteiger partial charge is 0.480 e. The second-order valence-corrected chi connectivity index (χ2v) is 4.14. The van der Waals surface area contributed by atoms with Gasteiger partial charge in [-0.2, -0.15) is 0 Å². The van der Waals surface area contributed by atoms with E-state index in [2.05, 4.69) is 9.55 Å². The Morgan fingerprint density at radius 2 is 2.38 bits per heavy atom. The van der Waals surface area contributed by atoms with E-state index in [4.69, 9.17) is 10.8 Å². The Labute approximate surface area is 94.3 Å². The molecule has 1 aliphatic rings. The molecule has 2 rings (SSSR count). The summed E-state index contributed by atoms with van der Waals surface area (Å²) in [6, 6.07) is -0.986. The Morgan fingerprint density at radius 3 is 3.00 bits per heavy atom. The molecule has 0 aromatic carbocycles. The Morgan fingerprint density at radius 1 is 1.62 bits per heavy atom. The number of aryl methyl sites for hydroxylation is 1. The zero-order valence-corrected chi connectivity index (χ0v) is 9.44. The minimum Gasteiger partial charge on any atom is -0.480 e. The molecule has 5 nitrogen and oxygen atoms in total. The van der Waals surface area contributed by atoms with E-state index < -0.39 is 12.0 Å². The molecule has 0 amide bonds. The van der Waals surface area contributed by atoms with Gasteiger partial charge in [0.15, 0.2) is 0 Å². The first-order chi connectivity index (χ1) is 7.65. The summed E-state index contributed by atoms with van der Waals surface area (Å²) in [4.78, 5) is 15.3. The normalized spacial score (nSPS) is 16.9. The number of hydrogen-bond acceptors (Lipinski definition) is 3. The van der Waals surface area contributed by atoms with Gasteiger partial charge in [-0.3, -0.25) is 4.79 Å². The molecular formula is C11H17N3O2. The summed E-state index contributed by atoms with van der Waals surface area (Å²) in [5.74, 6) is -0.0458. The van der Waals surface area contributed by atoms with Crippen LogP contribution in [0.15, 0.2) is 0 Å². The molecule has 0 bridgehead atoms. The number of nitrogens with zero attached hydrogens (tertiary/aromatic N) is 2. The lowest BCUT2D eigenvalue weighted by Gasteiger charge is -2.17. The Bertz CT molecular complexity index is 412. The molecule has 88 valence electrons. The van der Waals surface area contributed by atoms with E-state index in [1.807, 2.05) is 6.92 Å². The molecule has 1 aliphatic heterocycles. The van der Waals surface area contributed by atoms with Gasteiger partial charge in [-0.1, -0.05) is 6.92 Å². The highest BCUT2D eigenvalue weighted by Gasteiger charge is 2.26. The average Bonchev–Trinajstić information content (AvgIpc) is 2.66. The van der Waals surface area contributed by atoms with Gasteiger partial charge in [-0.15, -0.1) is 0 Å². The van der Waals surface area contributed by atoms with Crippen LogP contribution < -0.4 is 5.73 Å². The fraction of sp³-hybridized carbons (Fsp3) is 0.636. The van der Waals surface area contributed by atoms with Gasteiger partial charge < -0.3 is 15.4 Å². The van der Waals surface area contributed by atoms with Crippen molar-refractivity contribution in [2.24, 2.45) is 5.73 Å². The number of carbonyl (C=O) groups is 1. The van der Waals surface area contributed by atoms with Gasteiger partial charge in [0.25, 0.3) is 0 Å². The number of fused-ring (bicyclic) bond motifs is 1. The molecule has 1 unspecified atom stereocenters. The zero-order chi connectivity index (χ0) is 11.7. The van der Waals surface area contributed by atoms with Crippen molar-refractivity contribution < 1.29 is 9.90 Å². The SMILES string of the molecule is CCc1nc(C(N)C(=O)O)c2n1CCCC2. The number of imidazole rings is 1. The summed E-state index contributed by atoms with van der Waals surface area (Å²) in [7, 11) is 0. The van der Waals surface area contributed by atoms with Crippen molar-refractivity contribution in [1.82, 2.24) is 9.55 Å². The molecule has 0 fully saturated rings. The highest BCUT2D eigenvalue weighted by molar-refractivity contribution is 5.75. The molecule has 3 N–H and O–H groups in total. The van der Waals surface area contributed by atoms with E-state index in [1.54, 1.807) is 0 Å². The standard InChI is InChI=1S/C11H17N3O2/c1-2-8-13-10(9(12)11(15)16)7-5-3-4-6-14(7)8/h9H,2-6,12H2,1H3,(H,15,16). The summed E-state index contributed by atoms with van der Waals surface area (Å²) in [6.45, 7) is 2.97. The number of rotatable bonds is 3. The quantitative estimate of drug-likeness (QED) is 0.796. The number of carboxylic acids is 1. The number of hydrogen-bond donors (Lipinski definition) is 2. The van der Waals surface area contributed by atoms with E-state index in [-0.39, 0.29) is 0 Å². The summed E-state index contributed by atoms with van der Waals surface area (Å²) in [6.07, 6.45) is 3.94. The van der Waals surface area contributed by atoms with Crippen LogP contribution in [0.25, 0.3) is 0 Å². The summed E-state index contributed by atoms with van der Waals surface area (Å²) in [5.41, 5.74) is 7.24. The van der Waals surface area contributed by atoms with Crippen molar-refractivity contribution >= 4 is 5.97 Å². The third-order valence-electron chi connectivity index (χ3n) is 3.10. The first-order valence-electron chi connectivity index (χ1n) is 5.71. The molecule has 16 heavy (non-hydrogen) atoms. The average molecular weight is 223 g/mol. The van der Waals surface area contributed by atoms with Crippen LogP contribution in [0, 0.1) is 0 Å². The second-order valence-electron chi connectivity index (χ2n) is 4.14. The van der Waals surface area contributed by atoms with Crippen molar-refractivity contribution in [1.29, 1.82) is 0 Å². The van der Waals surface area contributed by atoms with Crippen LogP contribution in [-0.2, 0) is 24.2 Å². The second kappa shape index (κ2) is 4.25. The van der Waals surface area contributed by atoms with Crippen LogP contribution in [0.2, 0.25) is 0 Å². The van der Waals surface area contributed by atoms with Crippen molar-refractivity contribution in [3.63, 3.8) is 0 Å². The first-order valence-corrected chi connectivity index (χ1v) is 5.71. The third kappa shape index (κ3) is 1.71. The molecule has 1 aromatic heterocycles. The van der Waals surface area contributed by atoms with Gasteiger partial charge in [0.2, 0.25) is 0 Å². The molecule has 0 saturated heterocycles. The maximum absolute atomic E-state index is 10.9. The minimum absolute atomic E-state index is 0.559. The first kappa shape index (κ1) is 11.1. The smallest absolute Gasteiger partial charge is 0.326 e. The number of carboxylic acid groups (broad SMARTS) is 1. The zero-order valence-electron chi connectivity index (χ0n) is 9.44. The number of aliphatic carboxylic acids is 1. The highest BCUT2D eigenvalue weighted by atomic mass is 16.4. The molecule has 0 saturated carbocycles. The van der Waals surface area contributed by atoms with Crippen molar-refractivity contribution in [2.45, 2.75) is 45.2 Å². The fourth-order valence-corrected chi connectivity index (χ4v) is 2.28. The molecular weight excluding hydrogens is 206 g/mol. The van der Waals surface area contributed by atoms with Gasteiger partial charge in [0.1, 0.15) is 11.9 Å². The number of aromatic nitrogens is 2. The van der Waals surface area contributed by atoms with Crippen LogP contribution in [0.4, 0.5) is 0 Å². The fourth-order valence-electron chi connectivity index (χ4n) is 2.28. The van der Waals surface area contributed by atoms with Gasteiger partial charge in [-0.25, -0.2) is 4.98 Å². The molecule has 0 spiro atoms.